The van der Waals surface area contributed by atoms with Crippen LogP contribution in [-0.4, -0.2) is 63.1 Å². The quantitative estimate of drug-likeness (QED) is 0.286. The van der Waals surface area contributed by atoms with E-state index in [1.165, 1.54) is 19.0 Å². The minimum Gasteiger partial charge on any atom is -0.493 e. The average molecular weight is 584 g/mol. The molecule has 3 aromatic heterocycles. The molecule has 0 aromatic carbocycles. The first-order valence-corrected chi connectivity index (χ1v) is 14.5. The number of aliphatic hydroxyl groups excluding tert-OH is 1. The molecule has 5 unspecified atom stereocenters. The molecule has 12 heteroatoms. The zero-order chi connectivity index (χ0) is 30.3. The van der Waals surface area contributed by atoms with Crippen molar-refractivity contribution in [2.24, 2.45) is 5.92 Å². The maximum atomic E-state index is 13.0. The zero-order valence-corrected chi connectivity index (χ0v) is 25.5. The van der Waals surface area contributed by atoms with Gasteiger partial charge in [0.2, 0.25) is 0 Å². The number of aliphatic hydroxyl groups is 1. The number of pyridine rings is 1. The minimum atomic E-state index is -1.13. The average Bonchev–Trinajstić information content (AvgIpc) is 3.38. The third kappa shape index (κ3) is 5.70. The van der Waals surface area contributed by atoms with Gasteiger partial charge in [-0.05, 0) is 65.0 Å². The topological polar surface area (TPSA) is 149 Å². The molecule has 1 aliphatic heterocycles. The van der Waals surface area contributed by atoms with Crippen molar-refractivity contribution in [3.05, 3.63) is 47.2 Å². The van der Waals surface area contributed by atoms with Gasteiger partial charge in [-0.25, -0.2) is 14.0 Å². The molecule has 5 atom stereocenters. The van der Waals surface area contributed by atoms with Crippen LogP contribution in [0.1, 0.15) is 89.0 Å². The Morgan fingerprint density at radius 1 is 1.29 bits per heavy atom. The fourth-order valence-corrected chi connectivity index (χ4v) is 5.92. The zero-order valence-electron chi connectivity index (χ0n) is 25.5. The summed E-state index contributed by atoms with van der Waals surface area (Å²) in [6.45, 7) is 10.2. The number of hydrogen-bond acceptors (Lipinski definition) is 8. The van der Waals surface area contributed by atoms with Gasteiger partial charge in [0.1, 0.15) is 5.60 Å². The summed E-state index contributed by atoms with van der Waals surface area (Å²) >= 11 is 0. The molecule has 1 saturated carbocycles. The summed E-state index contributed by atoms with van der Waals surface area (Å²) in [6.07, 6.45) is 4.13. The molecular weight excluding hydrogens is 540 g/mol. The lowest BCUT2D eigenvalue weighted by atomic mass is 9.93. The number of nitrogens with zero attached hydrogens (tertiary/aromatic N) is 4. The van der Waals surface area contributed by atoms with Crippen LogP contribution in [0.4, 0.5) is 10.5 Å². The highest BCUT2D eigenvalue weighted by atomic mass is 16.6. The monoisotopic (exact) mass is 583 g/mol. The SMILES string of the molecule is CCOC(O)c1cnn2cc(OC)c(NC(=O)OC(C)(C)CCC3CC3c3cc4n(n3)C(C)=C(OC)C([NH3+])C4C)cc12. The lowest BCUT2D eigenvalue weighted by molar-refractivity contribution is -0.419. The fourth-order valence-electron chi connectivity index (χ4n) is 5.92. The Bertz CT molecular complexity index is 1490. The predicted octanol–water partition coefficient (Wildman–Crippen LogP) is 4.04. The Morgan fingerprint density at radius 2 is 2.05 bits per heavy atom. The van der Waals surface area contributed by atoms with E-state index in [-0.39, 0.29) is 12.0 Å². The summed E-state index contributed by atoms with van der Waals surface area (Å²) in [5.74, 6) is 2.41. The number of hydrogen-bond donors (Lipinski definition) is 3. The molecule has 2 aliphatic rings. The van der Waals surface area contributed by atoms with Crippen molar-refractivity contribution in [3.8, 4) is 5.75 Å². The van der Waals surface area contributed by atoms with Crippen LogP contribution in [0, 0.1) is 5.92 Å². The third-order valence-electron chi connectivity index (χ3n) is 8.54. The molecule has 1 aliphatic carbocycles. The van der Waals surface area contributed by atoms with Gasteiger partial charge in [0, 0.05) is 12.5 Å². The summed E-state index contributed by atoms with van der Waals surface area (Å²) in [7, 11) is 3.20. The second kappa shape index (κ2) is 11.6. The van der Waals surface area contributed by atoms with E-state index in [1.807, 2.05) is 25.5 Å². The molecule has 228 valence electrons. The van der Waals surface area contributed by atoms with Crippen molar-refractivity contribution in [1.29, 1.82) is 0 Å². The van der Waals surface area contributed by atoms with Crippen LogP contribution < -0.4 is 15.8 Å². The van der Waals surface area contributed by atoms with Crippen LogP contribution in [0.3, 0.4) is 0 Å². The van der Waals surface area contributed by atoms with E-state index in [1.54, 1.807) is 30.8 Å². The van der Waals surface area contributed by atoms with Crippen LogP contribution in [0.15, 0.2) is 30.3 Å². The number of fused-ring (bicyclic) bond motifs is 2. The molecule has 0 radical (unpaired) electrons. The van der Waals surface area contributed by atoms with Gasteiger partial charge in [-0.15, -0.1) is 0 Å². The van der Waals surface area contributed by atoms with E-state index in [4.69, 9.17) is 24.0 Å². The number of carbonyl (C=O) groups is 1. The van der Waals surface area contributed by atoms with Crippen molar-refractivity contribution < 1.29 is 34.6 Å². The van der Waals surface area contributed by atoms with Crippen LogP contribution in [-0.2, 0) is 14.2 Å². The van der Waals surface area contributed by atoms with E-state index >= 15 is 0 Å². The van der Waals surface area contributed by atoms with Gasteiger partial charge in [0.25, 0.3) is 0 Å². The number of quaternary nitrogens is 1. The van der Waals surface area contributed by atoms with E-state index in [2.05, 4.69) is 29.1 Å². The molecule has 42 heavy (non-hydrogen) atoms. The number of rotatable bonds is 11. The normalized spacial score (nSPS) is 22.6. The van der Waals surface area contributed by atoms with E-state index in [9.17, 15) is 9.90 Å². The van der Waals surface area contributed by atoms with E-state index in [0.29, 0.717) is 47.4 Å². The Labute approximate surface area is 245 Å². The van der Waals surface area contributed by atoms with Crippen LogP contribution in [0.2, 0.25) is 0 Å². The number of ether oxygens (including phenoxy) is 4. The molecule has 4 heterocycles. The van der Waals surface area contributed by atoms with Crippen LogP contribution in [0.5, 0.6) is 5.75 Å². The first-order chi connectivity index (χ1) is 20.0. The molecule has 0 spiro atoms. The molecular formula is C30H43N6O6+. The smallest absolute Gasteiger partial charge is 0.412 e. The molecule has 5 N–H and O–H groups in total. The molecule has 0 bridgehead atoms. The lowest BCUT2D eigenvalue weighted by Crippen LogP contribution is -2.65. The van der Waals surface area contributed by atoms with Crippen molar-refractivity contribution in [3.63, 3.8) is 0 Å². The highest BCUT2D eigenvalue weighted by Crippen LogP contribution is 2.51. The van der Waals surface area contributed by atoms with Gasteiger partial charge in [0.15, 0.2) is 23.8 Å². The third-order valence-corrected chi connectivity index (χ3v) is 8.54. The summed E-state index contributed by atoms with van der Waals surface area (Å²) in [5, 5.41) is 22.3. The van der Waals surface area contributed by atoms with Gasteiger partial charge >= 0.3 is 6.09 Å². The minimum absolute atomic E-state index is 0.0665. The molecule has 3 aromatic rings. The van der Waals surface area contributed by atoms with Gasteiger partial charge in [-0.3, -0.25) is 5.32 Å². The number of carbonyl (C=O) groups excluding carboxylic acids is 1. The van der Waals surface area contributed by atoms with Gasteiger partial charge in [0.05, 0.1) is 66.4 Å². The number of anilines is 1. The second-order valence-electron chi connectivity index (χ2n) is 11.9. The lowest BCUT2D eigenvalue weighted by Gasteiger charge is -2.26. The predicted molar refractivity (Wildman–Crippen MR) is 156 cm³/mol. The number of amides is 1. The standard InChI is InChI=1S/C30H42N6O6/c1-8-41-28(37)20-14-32-35-15-25(39-6)22(13-24(20)35)33-29(38)42-30(4,5)10-9-18-11-19(18)21-12-23-16(2)26(31)27(40-7)17(3)36(23)34-21/h12-16,18-19,26,28,37H,8-11,31H2,1-7H3,(H,33,38)/p+1. The Balaban J connectivity index is 1.20. The largest absolute Gasteiger partial charge is 0.493 e. The van der Waals surface area contributed by atoms with E-state index < -0.39 is 18.0 Å². The van der Waals surface area contributed by atoms with Crippen molar-refractivity contribution in [1.82, 2.24) is 19.4 Å². The summed E-state index contributed by atoms with van der Waals surface area (Å²) in [5.41, 5.74) is 8.39. The fraction of sp³-hybridized carbons (Fsp3) is 0.567. The molecule has 1 fully saturated rings. The first kappa shape index (κ1) is 29.9. The van der Waals surface area contributed by atoms with Crippen LogP contribution >= 0.6 is 0 Å². The second-order valence-corrected chi connectivity index (χ2v) is 11.9. The number of methoxy groups -OCH3 is 2. The number of allylic oxidation sites excluding steroid dienone is 1. The summed E-state index contributed by atoms with van der Waals surface area (Å²) < 4.78 is 25.8. The van der Waals surface area contributed by atoms with Crippen molar-refractivity contribution >= 4 is 23.0 Å². The van der Waals surface area contributed by atoms with Crippen molar-refractivity contribution in [2.75, 3.05) is 26.1 Å². The van der Waals surface area contributed by atoms with Crippen molar-refractivity contribution in [2.45, 2.75) is 83.6 Å². The Kier molecular flexibility index (Phi) is 8.23. The first-order valence-electron chi connectivity index (χ1n) is 14.5. The number of nitrogens with one attached hydrogen (secondary N) is 1. The van der Waals surface area contributed by atoms with E-state index in [0.717, 1.165) is 30.0 Å². The summed E-state index contributed by atoms with van der Waals surface area (Å²) in [4.78, 5) is 13.0. The van der Waals surface area contributed by atoms with Gasteiger partial charge < -0.3 is 29.8 Å². The Hall–Kier alpha value is -3.61. The molecule has 1 amide bonds. The maximum Gasteiger partial charge on any atom is 0.412 e. The summed E-state index contributed by atoms with van der Waals surface area (Å²) in [6, 6.07) is 3.97. The maximum absolute atomic E-state index is 13.0. The van der Waals surface area contributed by atoms with Gasteiger partial charge in [-0.1, -0.05) is 6.92 Å². The Morgan fingerprint density at radius 3 is 2.74 bits per heavy atom. The van der Waals surface area contributed by atoms with Crippen LogP contribution in [0.25, 0.3) is 11.2 Å². The highest BCUT2D eigenvalue weighted by molar-refractivity contribution is 5.88. The molecule has 5 rings (SSSR count). The highest BCUT2D eigenvalue weighted by Gasteiger charge is 2.43. The number of aromatic nitrogens is 4. The molecule has 12 nitrogen and oxygen atoms in total. The molecule has 0 saturated heterocycles. The van der Waals surface area contributed by atoms with Gasteiger partial charge in [-0.2, -0.15) is 10.2 Å².